The molecule has 0 radical (unpaired) electrons. The second-order valence-corrected chi connectivity index (χ2v) is 6.86. The number of rotatable bonds is 3. The van der Waals surface area contributed by atoms with Crippen molar-refractivity contribution in [1.29, 1.82) is 0 Å². The molecule has 4 rings (SSSR count). The van der Waals surface area contributed by atoms with E-state index in [1.807, 2.05) is 30.9 Å². The summed E-state index contributed by atoms with van der Waals surface area (Å²) in [6.45, 7) is 2.75. The molecular weight excluding hydrogens is 302 g/mol. The average Bonchev–Trinajstić information content (AvgIpc) is 3.01. The molecule has 1 aliphatic carbocycles. The van der Waals surface area contributed by atoms with E-state index in [-0.39, 0.29) is 6.10 Å². The van der Waals surface area contributed by atoms with E-state index in [4.69, 9.17) is 9.72 Å². The zero-order valence-corrected chi connectivity index (χ0v) is 14.5. The molecule has 1 N–H and O–H groups in total. The van der Waals surface area contributed by atoms with Gasteiger partial charge in [-0.3, -0.25) is 4.68 Å². The van der Waals surface area contributed by atoms with E-state index in [1.54, 1.807) is 0 Å². The van der Waals surface area contributed by atoms with Crippen molar-refractivity contribution in [2.75, 3.05) is 11.9 Å². The lowest BCUT2D eigenvalue weighted by atomic mass is 9.95. The Kier molecular flexibility index (Phi) is 4.22. The summed E-state index contributed by atoms with van der Waals surface area (Å²) >= 11 is 0. The Balaban J connectivity index is 1.53. The number of hydrogen-bond donors (Lipinski definition) is 1. The number of aryl methyl sites for hydroxylation is 3. The van der Waals surface area contributed by atoms with Gasteiger partial charge in [0.25, 0.3) is 0 Å². The summed E-state index contributed by atoms with van der Waals surface area (Å²) in [4.78, 5) is 9.35. The van der Waals surface area contributed by atoms with Gasteiger partial charge in [0.1, 0.15) is 17.7 Å². The highest BCUT2D eigenvalue weighted by Gasteiger charge is 2.27. The quantitative estimate of drug-likeness (QED) is 0.939. The Morgan fingerprint density at radius 2 is 2.12 bits per heavy atom. The van der Waals surface area contributed by atoms with E-state index < -0.39 is 0 Å². The van der Waals surface area contributed by atoms with Gasteiger partial charge in [-0.05, 0) is 51.5 Å². The molecule has 1 aliphatic heterocycles. The number of ether oxygens (including phenoxy) is 1. The summed E-state index contributed by atoms with van der Waals surface area (Å²) in [5.74, 6) is 1.92. The van der Waals surface area contributed by atoms with Crippen LogP contribution in [-0.2, 0) is 24.6 Å². The molecule has 2 aromatic rings. The molecule has 0 spiro atoms. The highest BCUT2D eigenvalue weighted by molar-refractivity contribution is 5.48. The van der Waals surface area contributed by atoms with Gasteiger partial charge in [0.15, 0.2) is 0 Å². The minimum atomic E-state index is 0.0995. The largest absolute Gasteiger partial charge is 0.372 e. The molecule has 0 saturated carbocycles. The van der Waals surface area contributed by atoms with Gasteiger partial charge in [-0.15, -0.1) is 0 Å². The van der Waals surface area contributed by atoms with Crippen molar-refractivity contribution in [3.8, 4) is 0 Å². The number of anilines is 1. The number of hydrogen-bond acceptors (Lipinski definition) is 5. The van der Waals surface area contributed by atoms with E-state index in [0.29, 0.717) is 6.04 Å². The van der Waals surface area contributed by atoms with Crippen LogP contribution in [-0.4, -0.2) is 32.4 Å². The molecule has 2 unspecified atom stereocenters. The van der Waals surface area contributed by atoms with E-state index in [0.717, 1.165) is 49.6 Å². The first-order chi connectivity index (χ1) is 11.7. The van der Waals surface area contributed by atoms with Crippen molar-refractivity contribution in [3.05, 3.63) is 35.0 Å². The third-order valence-electron chi connectivity index (χ3n) is 5.11. The van der Waals surface area contributed by atoms with Crippen LogP contribution in [0.15, 0.2) is 12.3 Å². The minimum Gasteiger partial charge on any atom is -0.372 e. The van der Waals surface area contributed by atoms with Crippen molar-refractivity contribution >= 4 is 5.82 Å². The monoisotopic (exact) mass is 327 g/mol. The number of nitrogens with one attached hydrogen (secondary N) is 1. The van der Waals surface area contributed by atoms with Crippen molar-refractivity contribution in [3.63, 3.8) is 0 Å². The predicted octanol–water partition coefficient (Wildman–Crippen LogP) is 2.73. The Hall–Kier alpha value is -1.95. The first kappa shape index (κ1) is 15.6. The fraction of sp³-hybridized carbons (Fsp3) is 0.611. The maximum absolute atomic E-state index is 5.97. The van der Waals surface area contributed by atoms with Crippen molar-refractivity contribution in [2.24, 2.45) is 7.05 Å². The molecule has 2 aromatic heterocycles. The highest BCUT2D eigenvalue weighted by atomic mass is 16.5. The molecule has 1 fully saturated rings. The summed E-state index contributed by atoms with van der Waals surface area (Å²) in [6.07, 6.45) is 8.53. The lowest BCUT2D eigenvalue weighted by molar-refractivity contribution is 0.00497. The van der Waals surface area contributed by atoms with Crippen LogP contribution in [0.5, 0.6) is 0 Å². The first-order valence-corrected chi connectivity index (χ1v) is 8.93. The molecule has 3 heterocycles. The first-order valence-electron chi connectivity index (χ1n) is 8.93. The van der Waals surface area contributed by atoms with E-state index in [2.05, 4.69) is 15.4 Å². The topological polar surface area (TPSA) is 64.9 Å². The van der Waals surface area contributed by atoms with Crippen LogP contribution in [0.1, 0.15) is 54.6 Å². The Labute approximate surface area is 142 Å². The molecular formula is C18H25N5O. The molecule has 2 atom stereocenters. The molecule has 0 aromatic carbocycles. The van der Waals surface area contributed by atoms with Crippen LogP contribution in [0.4, 0.5) is 5.82 Å². The Bertz CT molecular complexity index is 726. The Morgan fingerprint density at radius 3 is 2.96 bits per heavy atom. The van der Waals surface area contributed by atoms with Gasteiger partial charge < -0.3 is 10.1 Å². The predicted molar refractivity (Wildman–Crippen MR) is 92.0 cm³/mol. The number of nitrogens with zero attached hydrogens (tertiary/aromatic N) is 4. The van der Waals surface area contributed by atoms with Gasteiger partial charge in [0.05, 0.1) is 5.69 Å². The summed E-state index contributed by atoms with van der Waals surface area (Å²) in [7, 11) is 1.97. The van der Waals surface area contributed by atoms with Crippen LogP contribution in [0.3, 0.4) is 0 Å². The number of aromatic nitrogens is 4. The SMILES string of the molecule is Cc1nc2c(c(NC3CCOC(c4ccnn4C)C3)n1)CCCC2. The normalized spacial score (nSPS) is 23.8. The van der Waals surface area contributed by atoms with Crippen molar-refractivity contribution < 1.29 is 4.74 Å². The van der Waals surface area contributed by atoms with Gasteiger partial charge in [-0.1, -0.05) is 0 Å². The van der Waals surface area contributed by atoms with Gasteiger partial charge in [-0.2, -0.15) is 5.10 Å². The smallest absolute Gasteiger partial charge is 0.133 e. The van der Waals surface area contributed by atoms with Crippen molar-refractivity contribution in [2.45, 2.75) is 57.6 Å². The van der Waals surface area contributed by atoms with Crippen LogP contribution >= 0.6 is 0 Å². The zero-order chi connectivity index (χ0) is 16.5. The summed E-state index contributed by atoms with van der Waals surface area (Å²) in [5, 5.41) is 7.97. The highest BCUT2D eigenvalue weighted by Crippen LogP contribution is 2.31. The molecule has 6 heteroatoms. The van der Waals surface area contributed by atoms with Crippen LogP contribution < -0.4 is 5.32 Å². The van der Waals surface area contributed by atoms with E-state index >= 15 is 0 Å². The fourth-order valence-electron chi connectivity index (χ4n) is 3.86. The maximum Gasteiger partial charge on any atom is 0.133 e. The lowest BCUT2D eigenvalue weighted by Gasteiger charge is -2.31. The second kappa shape index (κ2) is 6.51. The van der Waals surface area contributed by atoms with Crippen LogP contribution in [0.25, 0.3) is 0 Å². The van der Waals surface area contributed by atoms with Gasteiger partial charge in [0, 0.05) is 37.2 Å². The van der Waals surface area contributed by atoms with Gasteiger partial charge in [-0.25, -0.2) is 9.97 Å². The average molecular weight is 327 g/mol. The van der Waals surface area contributed by atoms with Crippen molar-refractivity contribution in [1.82, 2.24) is 19.7 Å². The van der Waals surface area contributed by atoms with Gasteiger partial charge in [0.2, 0.25) is 0 Å². The molecule has 0 amide bonds. The summed E-state index contributed by atoms with van der Waals surface area (Å²) < 4.78 is 7.88. The van der Waals surface area contributed by atoms with Crippen LogP contribution in [0, 0.1) is 6.92 Å². The summed E-state index contributed by atoms with van der Waals surface area (Å²) in [6, 6.07) is 2.42. The fourth-order valence-corrected chi connectivity index (χ4v) is 3.86. The molecule has 0 bridgehead atoms. The maximum atomic E-state index is 5.97. The minimum absolute atomic E-state index is 0.0995. The summed E-state index contributed by atoms with van der Waals surface area (Å²) in [5.41, 5.74) is 3.71. The second-order valence-electron chi connectivity index (χ2n) is 6.86. The molecule has 128 valence electrons. The van der Waals surface area contributed by atoms with Gasteiger partial charge >= 0.3 is 0 Å². The third kappa shape index (κ3) is 3.02. The molecule has 6 nitrogen and oxygen atoms in total. The Morgan fingerprint density at radius 1 is 1.25 bits per heavy atom. The van der Waals surface area contributed by atoms with Crippen LogP contribution in [0.2, 0.25) is 0 Å². The molecule has 1 saturated heterocycles. The van der Waals surface area contributed by atoms with E-state index in [1.165, 1.54) is 24.1 Å². The third-order valence-corrected chi connectivity index (χ3v) is 5.11. The van der Waals surface area contributed by atoms with E-state index in [9.17, 15) is 0 Å². The lowest BCUT2D eigenvalue weighted by Crippen LogP contribution is -2.32. The number of fused-ring (bicyclic) bond motifs is 1. The molecule has 24 heavy (non-hydrogen) atoms. The zero-order valence-electron chi connectivity index (χ0n) is 14.5. The standard InChI is InChI=1S/C18H25N5O/c1-12-20-15-6-4-3-5-14(15)18(21-12)22-13-8-10-24-17(11-13)16-7-9-19-23(16)2/h7,9,13,17H,3-6,8,10-11H2,1-2H3,(H,20,21,22). The molecule has 2 aliphatic rings.